The molecule has 1 N–H and O–H groups in total. The molecule has 18 heavy (non-hydrogen) atoms. The smallest absolute Gasteiger partial charge is 0.407 e. The van der Waals surface area contributed by atoms with E-state index in [1.807, 2.05) is 0 Å². The van der Waals surface area contributed by atoms with Crippen molar-refractivity contribution in [3.05, 3.63) is 0 Å². The summed E-state index contributed by atoms with van der Waals surface area (Å²) in [6.07, 6.45) is 14.5. The van der Waals surface area contributed by atoms with Crippen LogP contribution in [0.15, 0.2) is 0 Å². The van der Waals surface area contributed by atoms with Gasteiger partial charge in [0.05, 0.1) is 0 Å². The topological polar surface area (TPSA) is 38.3 Å². The second-order valence-corrected chi connectivity index (χ2v) is 5.85. The molecule has 0 saturated heterocycles. The number of carbonyl (C=O) groups is 1. The summed E-state index contributed by atoms with van der Waals surface area (Å²) in [7, 11) is 0. The molecule has 3 nitrogen and oxygen atoms in total. The van der Waals surface area contributed by atoms with Gasteiger partial charge >= 0.3 is 6.09 Å². The first-order valence-corrected chi connectivity index (χ1v) is 7.82. The van der Waals surface area contributed by atoms with Crippen molar-refractivity contribution < 1.29 is 9.53 Å². The van der Waals surface area contributed by atoms with Crippen LogP contribution in [0.5, 0.6) is 0 Å². The first-order chi connectivity index (χ1) is 8.84. The molecule has 2 fully saturated rings. The maximum atomic E-state index is 11.9. The Bertz CT molecular complexity index is 215. The van der Waals surface area contributed by atoms with Crippen molar-refractivity contribution in [2.75, 3.05) is 0 Å². The van der Waals surface area contributed by atoms with E-state index in [1.54, 1.807) is 0 Å². The maximum absolute atomic E-state index is 11.9. The zero-order valence-corrected chi connectivity index (χ0v) is 11.5. The number of amides is 1. The molecule has 0 aromatic rings. The van der Waals surface area contributed by atoms with E-state index in [1.165, 1.54) is 51.4 Å². The number of hydrogen-bond acceptors (Lipinski definition) is 2. The molecule has 2 aliphatic rings. The Kier molecular flexibility index (Phi) is 5.82. The number of rotatable bonds is 2. The first-order valence-electron chi connectivity index (χ1n) is 7.82. The fourth-order valence-corrected chi connectivity index (χ4v) is 3.14. The molecule has 104 valence electrons. The summed E-state index contributed by atoms with van der Waals surface area (Å²) in [4.78, 5) is 11.9. The van der Waals surface area contributed by atoms with Crippen LogP contribution in [0.2, 0.25) is 0 Å². The highest BCUT2D eigenvalue weighted by molar-refractivity contribution is 5.67. The summed E-state index contributed by atoms with van der Waals surface area (Å²) in [5.41, 5.74) is 0. The molecule has 2 rings (SSSR count). The number of nitrogens with one attached hydrogen (secondary N) is 1. The van der Waals surface area contributed by atoms with Crippen molar-refractivity contribution in [2.24, 2.45) is 0 Å². The zero-order valence-electron chi connectivity index (χ0n) is 11.5. The Hall–Kier alpha value is -0.730. The molecular weight excluding hydrogens is 226 g/mol. The summed E-state index contributed by atoms with van der Waals surface area (Å²) in [6, 6.07) is 0.353. The van der Waals surface area contributed by atoms with Gasteiger partial charge in [-0.2, -0.15) is 0 Å². The third kappa shape index (κ3) is 4.87. The summed E-state index contributed by atoms with van der Waals surface area (Å²) in [5, 5.41) is 3.07. The largest absolute Gasteiger partial charge is 0.446 e. The average molecular weight is 253 g/mol. The van der Waals surface area contributed by atoms with E-state index in [9.17, 15) is 4.79 Å². The fourth-order valence-electron chi connectivity index (χ4n) is 3.14. The third-order valence-electron chi connectivity index (χ3n) is 4.25. The van der Waals surface area contributed by atoms with E-state index in [0.717, 1.165) is 25.7 Å². The van der Waals surface area contributed by atoms with Crippen molar-refractivity contribution >= 4 is 6.09 Å². The lowest BCUT2D eigenvalue weighted by Crippen LogP contribution is -2.36. The minimum Gasteiger partial charge on any atom is -0.446 e. The van der Waals surface area contributed by atoms with Gasteiger partial charge in [0, 0.05) is 6.04 Å². The molecule has 3 heteroatoms. The minimum absolute atomic E-state index is 0.165. The highest BCUT2D eigenvalue weighted by Crippen LogP contribution is 2.21. The highest BCUT2D eigenvalue weighted by atomic mass is 16.6. The lowest BCUT2D eigenvalue weighted by atomic mass is 10.1. The van der Waals surface area contributed by atoms with Crippen LogP contribution in [-0.2, 0) is 4.74 Å². The molecule has 2 saturated carbocycles. The van der Waals surface area contributed by atoms with Crippen LogP contribution in [0.4, 0.5) is 4.79 Å². The zero-order chi connectivity index (χ0) is 12.6. The second-order valence-electron chi connectivity index (χ2n) is 5.85. The molecule has 0 spiro atoms. The molecule has 0 aromatic carbocycles. The van der Waals surface area contributed by atoms with Gasteiger partial charge in [-0.1, -0.05) is 38.5 Å². The van der Waals surface area contributed by atoms with Crippen LogP contribution in [0.1, 0.15) is 77.0 Å². The Labute approximate surface area is 111 Å². The lowest BCUT2D eigenvalue weighted by Gasteiger charge is -2.20. The summed E-state index contributed by atoms with van der Waals surface area (Å²) in [6.45, 7) is 0. The second kappa shape index (κ2) is 7.65. The van der Waals surface area contributed by atoms with E-state index >= 15 is 0 Å². The molecule has 0 bridgehead atoms. The van der Waals surface area contributed by atoms with Gasteiger partial charge < -0.3 is 10.1 Å². The predicted molar refractivity (Wildman–Crippen MR) is 72.6 cm³/mol. The summed E-state index contributed by atoms with van der Waals surface area (Å²) in [5.74, 6) is 0. The number of alkyl carbamates (subject to hydrolysis) is 1. The standard InChI is InChI=1S/C15H27NO2/c17-15(16-13-9-5-1-2-6-10-13)18-14-11-7-3-4-8-12-14/h13-14H,1-12H2,(H,16,17). The Morgan fingerprint density at radius 2 is 1.28 bits per heavy atom. The van der Waals surface area contributed by atoms with Gasteiger partial charge in [-0.15, -0.1) is 0 Å². The van der Waals surface area contributed by atoms with Crippen LogP contribution >= 0.6 is 0 Å². The molecule has 0 aromatic heterocycles. The van der Waals surface area contributed by atoms with E-state index in [0.29, 0.717) is 6.04 Å². The van der Waals surface area contributed by atoms with Gasteiger partial charge in [0.2, 0.25) is 0 Å². The summed E-state index contributed by atoms with van der Waals surface area (Å²) < 4.78 is 5.56. The van der Waals surface area contributed by atoms with Gasteiger partial charge in [-0.3, -0.25) is 0 Å². The Balaban J connectivity index is 1.69. The number of hydrogen-bond donors (Lipinski definition) is 1. The van der Waals surface area contributed by atoms with Crippen molar-refractivity contribution in [2.45, 2.75) is 89.2 Å². The molecule has 0 aliphatic heterocycles. The van der Waals surface area contributed by atoms with Crippen LogP contribution in [-0.4, -0.2) is 18.2 Å². The average Bonchev–Trinajstić information content (AvgIpc) is 2.74. The molecular formula is C15H27NO2. The van der Waals surface area contributed by atoms with E-state index in [2.05, 4.69) is 5.32 Å². The van der Waals surface area contributed by atoms with E-state index in [-0.39, 0.29) is 12.2 Å². The molecule has 0 heterocycles. The molecule has 1 amide bonds. The van der Waals surface area contributed by atoms with Crippen LogP contribution in [0, 0.1) is 0 Å². The normalized spacial score (nSPS) is 24.0. The molecule has 0 unspecified atom stereocenters. The fraction of sp³-hybridized carbons (Fsp3) is 0.933. The van der Waals surface area contributed by atoms with Crippen LogP contribution in [0.25, 0.3) is 0 Å². The molecule has 0 radical (unpaired) electrons. The first kappa shape index (κ1) is 13.7. The lowest BCUT2D eigenvalue weighted by molar-refractivity contribution is 0.0854. The maximum Gasteiger partial charge on any atom is 0.407 e. The Morgan fingerprint density at radius 1 is 0.778 bits per heavy atom. The number of carbonyl (C=O) groups excluding carboxylic acids is 1. The van der Waals surface area contributed by atoms with Crippen molar-refractivity contribution in [1.82, 2.24) is 5.32 Å². The van der Waals surface area contributed by atoms with Gasteiger partial charge in [-0.25, -0.2) is 4.79 Å². The van der Waals surface area contributed by atoms with Gasteiger partial charge in [-0.05, 0) is 38.5 Å². The van der Waals surface area contributed by atoms with Crippen LogP contribution in [0.3, 0.4) is 0 Å². The van der Waals surface area contributed by atoms with Crippen molar-refractivity contribution in [3.63, 3.8) is 0 Å². The van der Waals surface area contributed by atoms with Crippen molar-refractivity contribution in [3.8, 4) is 0 Å². The predicted octanol–water partition coefficient (Wildman–Crippen LogP) is 4.16. The highest BCUT2D eigenvalue weighted by Gasteiger charge is 2.19. The Morgan fingerprint density at radius 3 is 1.83 bits per heavy atom. The SMILES string of the molecule is O=C(NC1CCCCCC1)OC1CCCCCC1. The van der Waals surface area contributed by atoms with Gasteiger partial charge in [0.25, 0.3) is 0 Å². The molecule has 0 atom stereocenters. The third-order valence-corrected chi connectivity index (χ3v) is 4.25. The molecule has 2 aliphatic carbocycles. The van der Waals surface area contributed by atoms with E-state index in [4.69, 9.17) is 4.74 Å². The van der Waals surface area contributed by atoms with Gasteiger partial charge in [0.1, 0.15) is 6.10 Å². The minimum atomic E-state index is -0.172. The summed E-state index contributed by atoms with van der Waals surface area (Å²) >= 11 is 0. The van der Waals surface area contributed by atoms with Crippen LogP contribution < -0.4 is 5.32 Å². The van der Waals surface area contributed by atoms with E-state index < -0.39 is 0 Å². The van der Waals surface area contributed by atoms with Crippen molar-refractivity contribution in [1.29, 1.82) is 0 Å². The van der Waals surface area contributed by atoms with Gasteiger partial charge in [0.15, 0.2) is 0 Å². The monoisotopic (exact) mass is 253 g/mol. The quantitative estimate of drug-likeness (QED) is 0.750. The number of ether oxygens (including phenoxy) is 1.